The molecule has 3 aromatic carbocycles. The number of hydrogen-bond acceptors (Lipinski definition) is 2. The molecule has 0 unspecified atom stereocenters. The van der Waals surface area contributed by atoms with Crippen molar-refractivity contribution >= 4 is 11.5 Å². The Labute approximate surface area is 184 Å². The van der Waals surface area contributed by atoms with Crippen LogP contribution in [0.1, 0.15) is 59.2 Å². The van der Waals surface area contributed by atoms with Gasteiger partial charge in [-0.2, -0.15) is 0 Å². The number of rotatable bonds is 5. The van der Waals surface area contributed by atoms with Crippen LogP contribution in [-0.4, -0.2) is 15.9 Å². The smallest absolute Gasteiger partial charge is 0.290 e. The van der Waals surface area contributed by atoms with Gasteiger partial charge in [0.25, 0.3) is 5.91 Å². The summed E-state index contributed by atoms with van der Waals surface area (Å²) in [4.78, 5) is 15.0. The maximum absolute atomic E-state index is 13.2. The van der Waals surface area contributed by atoms with Crippen molar-refractivity contribution in [2.24, 2.45) is 0 Å². The lowest BCUT2D eigenvalue weighted by molar-refractivity contribution is -0.130. The molecule has 0 saturated carbocycles. The second-order valence-corrected chi connectivity index (χ2v) is 8.77. The van der Waals surface area contributed by atoms with Crippen molar-refractivity contribution in [2.45, 2.75) is 46.2 Å². The average Bonchev–Trinajstić information content (AvgIpc) is 3.01. The molecule has 1 aliphatic heterocycles. The highest BCUT2D eigenvalue weighted by Gasteiger charge is 2.40. The number of nitrogens with zero attached hydrogens (tertiary/aromatic N) is 1. The largest absolute Gasteiger partial charge is 0.503 e. The third kappa shape index (κ3) is 4.13. The number of aliphatic hydroxyl groups excluding tert-OH is 1. The molecule has 0 spiro atoms. The first-order valence-corrected chi connectivity index (χ1v) is 10.8. The highest BCUT2D eigenvalue weighted by molar-refractivity contribution is 6.05. The second-order valence-electron chi connectivity index (χ2n) is 8.77. The van der Waals surface area contributed by atoms with Gasteiger partial charge >= 0.3 is 0 Å². The first-order chi connectivity index (χ1) is 14.8. The molecule has 3 aromatic rings. The van der Waals surface area contributed by atoms with E-state index in [1.807, 2.05) is 50.2 Å². The van der Waals surface area contributed by atoms with Gasteiger partial charge < -0.3 is 10.0 Å². The molecule has 0 aliphatic carbocycles. The fraction of sp³-hybridized carbons (Fsp3) is 0.250. The lowest BCUT2D eigenvalue weighted by Gasteiger charge is -2.28. The van der Waals surface area contributed by atoms with Gasteiger partial charge in [-0.1, -0.05) is 97.8 Å². The van der Waals surface area contributed by atoms with Crippen molar-refractivity contribution in [3.8, 4) is 0 Å². The molecule has 1 atom stereocenters. The summed E-state index contributed by atoms with van der Waals surface area (Å²) in [6.07, 6.45) is 0. The fourth-order valence-electron chi connectivity index (χ4n) is 4.14. The maximum Gasteiger partial charge on any atom is 0.290 e. The monoisotopic (exact) mass is 411 g/mol. The predicted molar refractivity (Wildman–Crippen MR) is 126 cm³/mol. The second kappa shape index (κ2) is 8.43. The molecule has 4 rings (SSSR count). The molecule has 158 valence electrons. The Morgan fingerprint density at radius 1 is 0.839 bits per heavy atom. The van der Waals surface area contributed by atoms with Crippen LogP contribution in [0.25, 0.3) is 5.57 Å². The SMILES string of the molecule is Cc1ccc(CN2C(=O)C(O)=C(c3ccc(C)cc3)[C@@H]2c2ccc(C(C)C)cc2)cc1. The Balaban J connectivity index is 1.79. The van der Waals surface area contributed by atoms with Gasteiger partial charge in [0.1, 0.15) is 0 Å². The van der Waals surface area contributed by atoms with E-state index in [0.29, 0.717) is 18.0 Å². The van der Waals surface area contributed by atoms with Gasteiger partial charge in [0.2, 0.25) is 0 Å². The fourth-order valence-corrected chi connectivity index (χ4v) is 4.14. The zero-order chi connectivity index (χ0) is 22.1. The molecular formula is C28H29NO2. The molecule has 31 heavy (non-hydrogen) atoms. The summed E-state index contributed by atoms with van der Waals surface area (Å²) in [7, 11) is 0. The Morgan fingerprint density at radius 2 is 1.39 bits per heavy atom. The lowest BCUT2D eigenvalue weighted by atomic mass is 9.91. The van der Waals surface area contributed by atoms with E-state index >= 15 is 0 Å². The number of aliphatic hydroxyl groups is 1. The third-order valence-corrected chi connectivity index (χ3v) is 6.06. The van der Waals surface area contributed by atoms with E-state index in [0.717, 1.165) is 22.3 Å². The van der Waals surface area contributed by atoms with Gasteiger partial charge in [-0.3, -0.25) is 4.79 Å². The summed E-state index contributed by atoms with van der Waals surface area (Å²) >= 11 is 0. The first kappa shape index (κ1) is 20.9. The van der Waals surface area contributed by atoms with Gasteiger partial charge in [0.05, 0.1) is 6.04 Å². The molecule has 0 aromatic heterocycles. The van der Waals surface area contributed by atoms with Crippen LogP contribution in [0, 0.1) is 13.8 Å². The van der Waals surface area contributed by atoms with Crippen LogP contribution in [0.4, 0.5) is 0 Å². The minimum atomic E-state index is -0.335. The number of hydrogen-bond donors (Lipinski definition) is 1. The molecule has 1 N–H and O–H groups in total. The van der Waals surface area contributed by atoms with Crippen molar-refractivity contribution in [3.63, 3.8) is 0 Å². The molecule has 1 aliphatic rings. The minimum Gasteiger partial charge on any atom is -0.503 e. The van der Waals surface area contributed by atoms with Gasteiger partial charge in [0.15, 0.2) is 5.76 Å². The summed E-state index contributed by atoms with van der Waals surface area (Å²) in [5, 5.41) is 10.9. The summed E-state index contributed by atoms with van der Waals surface area (Å²) in [5.41, 5.74) is 7.17. The van der Waals surface area contributed by atoms with Crippen molar-refractivity contribution in [1.82, 2.24) is 4.90 Å². The van der Waals surface area contributed by atoms with E-state index in [4.69, 9.17) is 0 Å². The van der Waals surface area contributed by atoms with Crippen LogP contribution in [-0.2, 0) is 11.3 Å². The molecule has 0 bridgehead atoms. The van der Waals surface area contributed by atoms with Crippen LogP contribution in [0.3, 0.4) is 0 Å². The van der Waals surface area contributed by atoms with Crippen LogP contribution in [0.2, 0.25) is 0 Å². The molecule has 0 saturated heterocycles. The van der Waals surface area contributed by atoms with Crippen LogP contribution in [0.5, 0.6) is 0 Å². The van der Waals surface area contributed by atoms with Crippen molar-refractivity contribution in [3.05, 3.63) is 112 Å². The predicted octanol–water partition coefficient (Wildman–Crippen LogP) is 6.48. The number of benzene rings is 3. The molecule has 1 amide bonds. The van der Waals surface area contributed by atoms with Crippen LogP contribution in [0.15, 0.2) is 78.6 Å². The van der Waals surface area contributed by atoms with Gasteiger partial charge in [-0.05, 0) is 42.0 Å². The Morgan fingerprint density at radius 3 is 1.94 bits per heavy atom. The van der Waals surface area contributed by atoms with E-state index in [2.05, 4.69) is 50.2 Å². The third-order valence-electron chi connectivity index (χ3n) is 6.06. The van der Waals surface area contributed by atoms with Gasteiger partial charge in [-0.15, -0.1) is 0 Å². The molecular weight excluding hydrogens is 382 g/mol. The molecule has 1 heterocycles. The van der Waals surface area contributed by atoms with Crippen molar-refractivity contribution in [1.29, 1.82) is 0 Å². The standard InChI is InChI=1S/C28H29NO2/c1-18(2)22-13-15-24(16-14-22)26-25(23-11-7-20(4)8-12-23)27(30)28(31)29(26)17-21-9-5-19(3)6-10-21/h5-16,18,26,30H,17H2,1-4H3/t26-/m0/s1. The van der Waals surface area contributed by atoms with Crippen LogP contribution >= 0.6 is 0 Å². The quantitative estimate of drug-likeness (QED) is 0.522. The summed E-state index contributed by atoms with van der Waals surface area (Å²) in [6, 6.07) is 24.3. The van der Waals surface area contributed by atoms with E-state index in [1.165, 1.54) is 11.1 Å². The number of amides is 1. The molecule has 3 heteroatoms. The summed E-state index contributed by atoms with van der Waals surface area (Å²) < 4.78 is 0. The zero-order valence-corrected chi connectivity index (χ0v) is 18.6. The normalized spacial score (nSPS) is 16.5. The first-order valence-electron chi connectivity index (χ1n) is 10.8. The number of carbonyl (C=O) groups excluding carboxylic acids is 1. The topological polar surface area (TPSA) is 40.5 Å². The average molecular weight is 412 g/mol. The maximum atomic E-state index is 13.2. The van der Waals surface area contributed by atoms with E-state index in [-0.39, 0.29) is 17.7 Å². The van der Waals surface area contributed by atoms with E-state index < -0.39 is 0 Å². The summed E-state index contributed by atoms with van der Waals surface area (Å²) in [5.74, 6) is -0.0496. The molecule has 0 fully saturated rings. The Kier molecular flexibility index (Phi) is 5.69. The van der Waals surface area contributed by atoms with E-state index in [1.54, 1.807) is 4.90 Å². The molecule has 3 nitrogen and oxygen atoms in total. The van der Waals surface area contributed by atoms with Crippen molar-refractivity contribution in [2.75, 3.05) is 0 Å². The summed E-state index contributed by atoms with van der Waals surface area (Å²) in [6.45, 7) is 8.86. The lowest BCUT2D eigenvalue weighted by Crippen LogP contribution is -2.29. The minimum absolute atomic E-state index is 0.158. The zero-order valence-electron chi connectivity index (χ0n) is 18.6. The van der Waals surface area contributed by atoms with Gasteiger partial charge in [0, 0.05) is 12.1 Å². The van der Waals surface area contributed by atoms with E-state index in [9.17, 15) is 9.90 Å². The Bertz CT molecular complexity index is 1110. The highest BCUT2D eigenvalue weighted by atomic mass is 16.3. The Hall–Kier alpha value is -3.33. The number of aryl methyl sites for hydroxylation is 2. The number of carbonyl (C=O) groups is 1. The van der Waals surface area contributed by atoms with Crippen LogP contribution < -0.4 is 0 Å². The molecule has 0 radical (unpaired) electrons. The van der Waals surface area contributed by atoms with Crippen molar-refractivity contribution < 1.29 is 9.90 Å². The van der Waals surface area contributed by atoms with Gasteiger partial charge in [-0.25, -0.2) is 0 Å². The highest BCUT2D eigenvalue weighted by Crippen LogP contribution is 2.44.